The number of piperidine rings is 1. The van der Waals surface area contributed by atoms with Crippen molar-refractivity contribution in [2.45, 2.75) is 32.7 Å². The van der Waals surface area contributed by atoms with Gasteiger partial charge in [0.05, 0.1) is 29.4 Å². The molecule has 2 aromatic heterocycles. The number of ether oxygens (including phenoxy) is 1. The van der Waals surface area contributed by atoms with Gasteiger partial charge >= 0.3 is 0 Å². The Morgan fingerprint density at radius 1 is 1.31 bits per heavy atom. The number of likely N-dealkylation sites (tertiary alicyclic amines) is 1. The van der Waals surface area contributed by atoms with E-state index < -0.39 is 0 Å². The number of fused-ring (bicyclic) bond motifs is 1. The number of benzene rings is 1. The van der Waals surface area contributed by atoms with Crippen molar-refractivity contribution in [2.75, 3.05) is 20.2 Å². The summed E-state index contributed by atoms with van der Waals surface area (Å²) < 4.78 is 7.39. The molecule has 3 aromatic rings. The second-order valence-electron chi connectivity index (χ2n) is 7.34. The summed E-state index contributed by atoms with van der Waals surface area (Å²) >= 11 is 0. The minimum absolute atomic E-state index is 0.632. The molecule has 1 aromatic carbocycles. The summed E-state index contributed by atoms with van der Waals surface area (Å²) in [5.74, 6) is 2.61. The number of imidazole rings is 1. The van der Waals surface area contributed by atoms with E-state index in [0.717, 1.165) is 54.5 Å². The van der Waals surface area contributed by atoms with Gasteiger partial charge in [0.2, 0.25) is 5.88 Å². The fourth-order valence-electron chi connectivity index (χ4n) is 4.18. The molecule has 1 aliphatic heterocycles. The molecule has 1 unspecified atom stereocenters. The van der Waals surface area contributed by atoms with Crippen molar-refractivity contribution in [1.82, 2.24) is 24.6 Å². The summed E-state index contributed by atoms with van der Waals surface area (Å²) in [5.41, 5.74) is 4.46. The highest BCUT2D eigenvalue weighted by molar-refractivity contribution is 5.74. The topological polar surface area (TPSA) is 59.0 Å². The maximum absolute atomic E-state index is 5.55. The van der Waals surface area contributed by atoms with E-state index in [0.29, 0.717) is 5.92 Å². The van der Waals surface area contributed by atoms with Gasteiger partial charge in [-0.15, -0.1) is 0 Å². The molecule has 4 rings (SSSR count). The Hall–Kier alpha value is -2.34. The monoisotopic (exact) mass is 353 g/mol. The van der Waals surface area contributed by atoms with Gasteiger partial charge in [-0.1, -0.05) is 12.1 Å². The first-order chi connectivity index (χ1) is 12.6. The van der Waals surface area contributed by atoms with Crippen LogP contribution < -0.4 is 4.74 Å². The van der Waals surface area contributed by atoms with Crippen LogP contribution in [-0.4, -0.2) is 44.8 Å². The van der Waals surface area contributed by atoms with Gasteiger partial charge in [0.15, 0.2) is 0 Å². The van der Waals surface area contributed by atoms with E-state index in [1.807, 2.05) is 17.8 Å². The van der Waals surface area contributed by atoms with Crippen molar-refractivity contribution in [2.24, 2.45) is 13.0 Å². The second-order valence-corrected chi connectivity index (χ2v) is 7.34. The normalized spacial score (nSPS) is 18.5. The zero-order valence-electron chi connectivity index (χ0n) is 15.8. The van der Waals surface area contributed by atoms with E-state index >= 15 is 0 Å². The fraction of sp³-hybridized carbons (Fsp3) is 0.500. The van der Waals surface area contributed by atoms with E-state index in [2.05, 4.69) is 40.1 Å². The van der Waals surface area contributed by atoms with Crippen molar-refractivity contribution < 1.29 is 4.74 Å². The highest BCUT2D eigenvalue weighted by Crippen LogP contribution is 2.27. The Bertz CT molecular complexity index is 864. The lowest BCUT2D eigenvalue weighted by molar-refractivity contribution is 0.164. The molecule has 0 aliphatic carbocycles. The van der Waals surface area contributed by atoms with Crippen LogP contribution in [0.15, 0.2) is 24.3 Å². The summed E-state index contributed by atoms with van der Waals surface area (Å²) in [5, 5.41) is 4.51. The largest absolute Gasteiger partial charge is 0.481 e. The molecule has 0 amide bonds. The lowest BCUT2D eigenvalue weighted by atomic mass is 9.94. The quantitative estimate of drug-likeness (QED) is 0.766. The smallest absolute Gasteiger partial charge is 0.216 e. The number of aryl methyl sites for hydroxylation is 2. The summed E-state index contributed by atoms with van der Waals surface area (Å²) in [6.45, 7) is 5.19. The number of hydrogen-bond acceptors (Lipinski definition) is 4. The van der Waals surface area contributed by atoms with Crippen LogP contribution in [0.25, 0.3) is 11.0 Å². The summed E-state index contributed by atoms with van der Waals surface area (Å²) in [7, 11) is 3.66. The molecule has 6 heteroatoms. The lowest BCUT2D eigenvalue weighted by Gasteiger charge is -2.32. The summed E-state index contributed by atoms with van der Waals surface area (Å²) in [6.07, 6.45) is 3.50. The van der Waals surface area contributed by atoms with Gasteiger partial charge in [-0.2, -0.15) is 5.10 Å². The van der Waals surface area contributed by atoms with Gasteiger partial charge < -0.3 is 9.72 Å². The molecule has 1 N–H and O–H groups in total. The van der Waals surface area contributed by atoms with E-state index in [1.54, 1.807) is 7.11 Å². The van der Waals surface area contributed by atoms with Crippen molar-refractivity contribution in [3.05, 3.63) is 41.3 Å². The lowest BCUT2D eigenvalue weighted by Crippen LogP contribution is -2.36. The van der Waals surface area contributed by atoms with E-state index in [9.17, 15) is 0 Å². The maximum atomic E-state index is 5.55. The van der Waals surface area contributed by atoms with Crippen LogP contribution in [0.2, 0.25) is 0 Å². The third kappa shape index (κ3) is 3.33. The number of para-hydroxylation sites is 2. The number of aromatic amines is 1. The molecule has 0 saturated carbocycles. The molecule has 0 bridgehead atoms. The Morgan fingerprint density at radius 3 is 2.96 bits per heavy atom. The minimum Gasteiger partial charge on any atom is -0.481 e. The molecule has 3 heterocycles. The predicted molar refractivity (Wildman–Crippen MR) is 102 cm³/mol. The molecule has 26 heavy (non-hydrogen) atoms. The van der Waals surface area contributed by atoms with Gasteiger partial charge in [-0.05, 0) is 44.4 Å². The van der Waals surface area contributed by atoms with Crippen molar-refractivity contribution in [3.8, 4) is 5.88 Å². The summed E-state index contributed by atoms with van der Waals surface area (Å²) in [6, 6.07) is 8.26. The van der Waals surface area contributed by atoms with Gasteiger partial charge in [0, 0.05) is 26.6 Å². The number of hydrogen-bond donors (Lipinski definition) is 1. The van der Waals surface area contributed by atoms with Gasteiger partial charge in [-0.3, -0.25) is 4.90 Å². The zero-order chi connectivity index (χ0) is 18.1. The Morgan fingerprint density at radius 2 is 2.15 bits per heavy atom. The van der Waals surface area contributed by atoms with Crippen LogP contribution in [0.5, 0.6) is 5.88 Å². The van der Waals surface area contributed by atoms with Crippen molar-refractivity contribution >= 4 is 11.0 Å². The molecule has 0 radical (unpaired) electrons. The van der Waals surface area contributed by atoms with Gasteiger partial charge in [-0.25, -0.2) is 9.67 Å². The van der Waals surface area contributed by atoms with Crippen LogP contribution in [0.4, 0.5) is 0 Å². The number of methoxy groups -OCH3 is 1. The first-order valence-electron chi connectivity index (χ1n) is 9.36. The number of H-pyrrole nitrogens is 1. The van der Waals surface area contributed by atoms with Crippen molar-refractivity contribution in [3.63, 3.8) is 0 Å². The first kappa shape index (κ1) is 17.1. The second kappa shape index (κ2) is 7.11. The van der Waals surface area contributed by atoms with Gasteiger partial charge in [0.25, 0.3) is 0 Å². The molecule has 1 aliphatic rings. The fourth-order valence-corrected chi connectivity index (χ4v) is 4.18. The summed E-state index contributed by atoms with van der Waals surface area (Å²) in [4.78, 5) is 10.8. The number of nitrogens with one attached hydrogen (secondary N) is 1. The van der Waals surface area contributed by atoms with Crippen LogP contribution in [-0.2, 0) is 20.0 Å². The van der Waals surface area contributed by atoms with E-state index in [4.69, 9.17) is 9.72 Å². The Balaban J connectivity index is 1.44. The molecule has 138 valence electrons. The molecule has 6 nitrogen and oxygen atoms in total. The molecule has 1 saturated heterocycles. The SMILES string of the molecule is COc1c(CN2CCCC(Cc3nc4ccccc4[nH]3)C2)c(C)nn1C. The highest BCUT2D eigenvalue weighted by atomic mass is 16.5. The van der Waals surface area contributed by atoms with Crippen molar-refractivity contribution in [1.29, 1.82) is 0 Å². The molecular weight excluding hydrogens is 326 g/mol. The molecular formula is C20H27N5O. The third-order valence-corrected chi connectivity index (χ3v) is 5.39. The Kier molecular flexibility index (Phi) is 4.68. The third-order valence-electron chi connectivity index (χ3n) is 5.39. The van der Waals surface area contributed by atoms with E-state index in [1.165, 1.54) is 18.4 Å². The van der Waals surface area contributed by atoms with Crippen LogP contribution >= 0.6 is 0 Å². The number of nitrogens with zero attached hydrogens (tertiary/aromatic N) is 4. The van der Waals surface area contributed by atoms with Crippen LogP contribution in [0.3, 0.4) is 0 Å². The number of aromatic nitrogens is 4. The first-order valence-corrected chi connectivity index (χ1v) is 9.36. The molecule has 1 atom stereocenters. The average molecular weight is 353 g/mol. The van der Waals surface area contributed by atoms with Gasteiger partial charge in [0.1, 0.15) is 5.82 Å². The number of rotatable bonds is 5. The van der Waals surface area contributed by atoms with Crippen LogP contribution in [0.1, 0.15) is 29.9 Å². The highest BCUT2D eigenvalue weighted by Gasteiger charge is 2.24. The molecule has 0 spiro atoms. The standard InChI is InChI=1S/C20H27N5O/c1-14-16(20(26-3)24(2)23-14)13-25-10-6-7-15(12-25)11-19-21-17-8-4-5-9-18(17)22-19/h4-5,8-9,15H,6-7,10-13H2,1-3H3,(H,21,22). The molecule has 1 fully saturated rings. The van der Waals surface area contributed by atoms with E-state index in [-0.39, 0.29) is 0 Å². The minimum atomic E-state index is 0.632. The predicted octanol–water partition coefficient (Wildman–Crippen LogP) is 3.07. The zero-order valence-corrected chi connectivity index (χ0v) is 15.8. The Labute approximate surface area is 154 Å². The maximum Gasteiger partial charge on any atom is 0.216 e. The van der Waals surface area contributed by atoms with Crippen LogP contribution in [0, 0.1) is 12.8 Å². The average Bonchev–Trinajstić information content (AvgIpc) is 3.15.